The molecule has 0 unspecified atom stereocenters. The van der Waals surface area contributed by atoms with Crippen molar-refractivity contribution in [3.63, 3.8) is 0 Å². The molecule has 0 fully saturated rings. The monoisotopic (exact) mass is 208 g/mol. The van der Waals surface area contributed by atoms with E-state index in [0.29, 0.717) is 12.4 Å². The van der Waals surface area contributed by atoms with Crippen molar-refractivity contribution in [2.24, 2.45) is 0 Å². The first-order valence-electron chi connectivity index (χ1n) is 4.30. The Kier molecular flexibility index (Phi) is 4.98. The molecule has 0 aliphatic carbocycles. The van der Waals surface area contributed by atoms with E-state index >= 15 is 0 Å². The summed E-state index contributed by atoms with van der Waals surface area (Å²) in [5, 5.41) is 8.54. The van der Waals surface area contributed by atoms with Gasteiger partial charge >= 0.3 is 0 Å². The van der Waals surface area contributed by atoms with Crippen LogP contribution in [0.3, 0.4) is 0 Å². The average molecular weight is 208 g/mol. The Morgan fingerprint density at radius 3 is 2.57 bits per heavy atom. The Morgan fingerprint density at radius 1 is 1.29 bits per heavy atom. The molecule has 0 aromatic heterocycles. The van der Waals surface area contributed by atoms with Crippen LogP contribution in [0.2, 0.25) is 0 Å². The minimum Gasteiger partial charge on any atom is -0.491 e. The summed E-state index contributed by atoms with van der Waals surface area (Å²) in [7, 11) is 0. The molecule has 1 aromatic rings. The van der Waals surface area contributed by atoms with Crippen LogP contribution in [0, 0.1) is 11.8 Å². The van der Waals surface area contributed by atoms with Crippen LogP contribution < -0.4 is 4.74 Å². The van der Waals surface area contributed by atoms with Gasteiger partial charge < -0.3 is 9.84 Å². The number of rotatable bonds is 3. The first-order chi connectivity index (χ1) is 6.86. The summed E-state index contributed by atoms with van der Waals surface area (Å²) in [6, 6.07) is 7.42. The van der Waals surface area contributed by atoms with Gasteiger partial charge in [-0.2, -0.15) is 12.6 Å². The molecule has 74 valence electrons. The highest BCUT2D eigenvalue weighted by atomic mass is 32.1. The van der Waals surface area contributed by atoms with Crippen LogP contribution in [0.5, 0.6) is 5.75 Å². The van der Waals surface area contributed by atoms with Crippen LogP contribution in [-0.2, 0) is 0 Å². The van der Waals surface area contributed by atoms with Crippen LogP contribution in [0.4, 0.5) is 0 Å². The molecule has 0 saturated carbocycles. The van der Waals surface area contributed by atoms with Gasteiger partial charge in [0.15, 0.2) is 0 Å². The zero-order valence-electron chi connectivity index (χ0n) is 7.73. The molecule has 0 aliphatic heterocycles. The van der Waals surface area contributed by atoms with Gasteiger partial charge in [-0.3, -0.25) is 0 Å². The first kappa shape index (κ1) is 11.0. The molecule has 1 N–H and O–H groups in total. The predicted molar refractivity (Wildman–Crippen MR) is 59.8 cm³/mol. The largest absolute Gasteiger partial charge is 0.491 e. The smallest absolute Gasteiger partial charge is 0.119 e. The topological polar surface area (TPSA) is 29.5 Å². The van der Waals surface area contributed by atoms with E-state index in [1.54, 1.807) is 0 Å². The van der Waals surface area contributed by atoms with E-state index in [4.69, 9.17) is 9.84 Å². The second kappa shape index (κ2) is 6.36. The third kappa shape index (κ3) is 3.73. The number of hydrogen-bond donors (Lipinski definition) is 2. The highest BCUT2D eigenvalue weighted by Gasteiger charge is 1.92. The predicted octanol–water partition coefficient (Wildman–Crippen LogP) is 1.34. The number of hydrogen-bond acceptors (Lipinski definition) is 3. The Bertz CT molecular complexity index is 321. The van der Waals surface area contributed by atoms with E-state index < -0.39 is 0 Å². The molecule has 2 nitrogen and oxygen atoms in total. The molecule has 3 heteroatoms. The SMILES string of the molecule is OCCOc1ccc(C#CCS)cc1. The average Bonchev–Trinajstić information content (AvgIpc) is 2.25. The third-order valence-corrected chi connectivity index (χ3v) is 1.68. The Morgan fingerprint density at radius 2 is 2.00 bits per heavy atom. The fraction of sp³-hybridized carbons (Fsp3) is 0.273. The summed E-state index contributed by atoms with van der Waals surface area (Å²) in [5.41, 5.74) is 0.940. The zero-order chi connectivity index (χ0) is 10.2. The molecule has 0 atom stereocenters. The first-order valence-corrected chi connectivity index (χ1v) is 4.93. The van der Waals surface area contributed by atoms with Crippen LogP contribution in [-0.4, -0.2) is 24.1 Å². The fourth-order valence-electron chi connectivity index (χ4n) is 0.940. The van der Waals surface area contributed by atoms with Crippen LogP contribution in [0.25, 0.3) is 0 Å². The van der Waals surface area contributed by atoms with Crippen molar-refractivity contribution in [2.75, 3.05) is 19.0 Å². The Balaban J connectivity index is 2.59. The summed E-state index contributed by atoms with van der Waals surface area (Å²) in [4.78, 5) is 0. The lowest BCUT2D eigenvalue weighted by Gasteiger charge is -2.02. The van der Waals surface area contributed by atoms with E-state index in [1.165, 1.54) is 0 Å². The molecule has 1 rings (SSSR count). The van der Waals surface area contributed by atoms with E-state index in [0.717, 1.165) is 11.3 Å². The quantitative estimate of drug-likeness (QED) is 0.580. The summed E-state index contributed by atoms with van der Waals surface area (Å²) >= 11 is 3.99. The number of benzene rings is 1. The zero-order valence-corrected chi connectivity index (χ0v) is 8.63. The van der Waals surface area contributed by atoms with E-state index in [2.05, 4.69) is 24.5 Å². The maximum atomic E-state index is 8.54. The van der Waals surface area contributed by atoms with Crippen LogP contribution in [0.15, 0.2) is 24.3 Å². The lowest BCUT2D eigenvalue weighted by molar-refractivity contribution is 0.201. The lowest BCUT2D eigenvalue weighted by Crippen LogP contribution is -2.01. The highest BCUT2D eigenvalue weighted by molar-refractivity contribution is 7.80. The molecule has 0 aliphatic rings. The normalized spacial score (nSPS) is 9.00. The van der Waals surface area contributed by atoms with Crippen molar-refractivity contribution in [3.05, 3.63) is 29.8 Å². The highest BCUT2D eigenvalue weighted by Crippen LogP contribution is 2.10. The minimum absolute atomic E-state index is 0.0290. The van der Waals surface area contributed by atoms with Crippen molar-refractivity contribution in [2.45, 2.75) is 0 Å². The Labute approximate surface area is 89.3 Å². The summed E-state index contributed by atoms with van der Waals surface area (Å²) in [6.07, 6.45) is 0. The van der Waals surface area contributed by atoms with E-state index in [1.807, 2.05) is 24.3 Å². The van der Waals surface area contributed by atoms with Crippen molar-refractivity contribution < 1.29 is 9.84 Å². The number of aliphatic hydroxyl groups excluding tert-OH is 1. The summed E-state index contributed by atoms with van der Waals surface area (Å²) in [5.74, 6) is 7.11. The summed E-state index contributed by atoms with van der Waals surface area (Å²) in [6.45, 7) is 0.350. The van der Waals surface area contributed by atoms with Crippen LogP contribution >= 0.6 is 12.6 Å². The number of thiol groups is 1. The van der Waals surface area contributed by atoms with Gasteiger partial charge in [0.2, 0.25) is 0 Å². The maximum Gasteiger partial charge on any atom is 0.119 e. The molecule has 0 spiro atoms. The second-order valence-electron chi connectivity index (χ2n) is 2.56. The van der Waals surface area contributed by atoms with Crippen molar-refractivity contribution >= 4 is 12.6 Å². The number of ether oxygens (including phenoxy) is 1. The van der Waals surface area contributed by atoms with Gasteiger partial charge in [0.25, 0.3) is 0 Å². The van der Waals surface area contributed by atoms with Gasteiger partial charge in [-0.05, 0) is 24.3 Å². The van der Waals surface area contributed by atoms with E-state index in [9.17, 15) is 0 Å². The van der Waals surface area contributed by atoms with Crippen molar-refractivity contribution in [1.82, 2.24) is 0 Å². The number of aliphatic hydroxyl groups is 1. The van der Waals surface area contributed by atoms with Gasteiger partial charge in [-0.15, -0.1) is 0 Å². The molecular formula is C11H12O2S. The molecular weight excluding hydrogens is 196 g/mol. The molecule has 0 amide bonds. The molecule has 1 aromatic carbocycles. The molecule has 14 heavy (non-hydrogen) atoms. The fourth-order valence-corrected chi connectivity index (χ4v) is 1.02. The minimum atomic E-state index is 0.0290. The third-order valence-electron chi connectivity index (χ3n) is 1.53. The van der Waals surface area contributed by atoms with Crippen molar-refractivity contribution in [1.29, 1.82) is 0 Å². The van der Waals surface area contributed by atoms with E-state index in [-0.39, 0.29) is 6.61 Å². The second-order valence-corrected chi connectivity index (χ2v) is 2.87. The standard InChI is InChI=1S/C11H12O2S/c12-7-8-13-11-5-3-10(4-6-11)2-1-9-14/h3-6,12,14H,7-9H2. The van der Waals surface area contributed by atoms with Gasteiger partial charge in [0.05, 0.1) is 12.4 Å². The molecule has 0 saturated heterocycles. The van der Waals surface area contributed by atoms with Gasteiger partial charge in [0, 0.05) is 5.56 Å². The van der Waals surface area contributed by atoms with Gasteiger partial charge in [-0.25, -0.2) is 0 Å². The van der Waals surface area contributed by atoms with Crippen LogP contribution in [0.1, 0.15) is 5.56 Å². The molecule has 0 bridgehead atoms. The van der Waals surface area contributed by atoms with Gasteiger partial charge in [0.1, 0.15) is 12.4 Å². The van der Waals surface area contributed by atoms with Gasteiger partial charge in [-0.1, -0.05) is 11.8 Å². The maximum absolute atomic E-state index is 8.54. The lowest BCUT2D eigenvalue weighted by atomic mass is 10.2. The molecule has 0 radical (unpaired) electrons. The Hall–Kier alpha value is -1.11. The molecule has 0 heterocycles. The summed E-state index contributed by atoms with van der Waals surface area (Å²) < 4.78 is 5.20. The van der Waals surface area contributed by atoms with Crippen molar-refractivity contribution in [3.8, 4) is 17.6 Å².